The number of rotatable bonds is 8. The van der Waals surface area contributed by atoms with Crippen LogP contribution in [0.15, 0.2) is 54.9 Å². The van der Waals surface area contributed by atoms with Crippen molar-refractivity contribution in [1.82, 2.24) is 14.9 Å². The molecule has 6 nitrogen and oxygen atoms in total. The lowest BCUT2D eigenvalue weighted by atomic mass is 10.0. The van der Waals surface area contributed by atoms with Crippen LogP contribution < -0.4 is 19.5 Å². The van der Waals surface area contributed by atoms with Crippen LogP contribution in [0.1, 0.15) is 23.0 Å². The maximum Gasteiger partial charge on any atom is 0.130 e. The van der Waals surface area contributed by atoms with Crippen molar-refractivity contribution in [3.63, 3.8) is 0 Å². The van der Waals surface area contributed by atoms with Crippen LogP contribution in [0.3, 0.4) is 0 Å². The van der Waals surface area contributed by atoms with E-state index >= 15 is 0 Å². The summed E-state index contributed by atoms with van der Waals surface area (Å²) < 4.78 is 18.1. The van der Waals surface area contributed by atoms with Gasteiger partial charge in [0.25, 0.3) is 0 Å². The summed E-state index contributed by atoms with van der Waals surface area (Å²) in [6.45, 7) is 0.682. The number of benzene rings is 2. The van der Waals surface area contributed by atoms with Crippen molar-refractivity contribution >= 4 is 0 Å². The third-order valence-corrected chi connectivity index (χ3v) is 4.49. The molecule has 6 heteroatoms. The van der Waals surface area contributed by atoms with Gasteiger partial charge in [0.2, 0.25) is 0 Å². The molecular weight excluding hydrogens is 342 g/mol. The summed E-state index contributed by atoms with van der Waals surface area (Å²) in [6.07, 6.45) is 3.74. The molecule has 1 unspecified atom stereocenters. The minimum absolute atomic E-state index is 0.115. The van der Waals surface area contributed by atoms with Crippen molar-refractivity contribution in [3.05, 3.63) is 71.8 Å². The van der Waals surface area contributed by atoms with Gasteiger partial charge in [0.15, 0.2) is 0 Å². The Hall–Kier alpha value is -2.99. The van der Waals surface area contributed by atoms with Crippen molar-refractivity contribution in [2.45, 2.75) is 12.6 Å². The molecule has 1 aromatic heterocycles. The van der Waals surface area contributed by atoms with E-state index in [2.05, 4.69) is 10.3 Å². The van der Waals surface area contributed by atoms with Crippen molar-refractivity contribution in [2.75, 3.05) is 21.3 Å². The number of methoxy groups -OCH3 is 3. The van der Waals surface area contributed by atoms with Crippen molar-refractivity contribution in [1.29, 1.82) is 0 Å². The van der Waals surface area contributed by atoms with Crippen molar-refractivity contribution in [3.8, 4) is 17.2 Å². The van der Waals surface area contributed by atoms with Crippen molar-refractivity contribution < 1.29 is 14.2 Å². The number of nitrogens with one attached hydrogen (secondary N) is 1. The van der Waals surface area contributed by atoms with E-state index in [9.17, 15) is 0 Å². The highest BCUT2D eigenvalue weighted by Crippen LogP contribution is 2.29. The average Bonchev–Trinajstić information content (AvgIpc) is 3.14. The number of aromatic nitrogens is 2. The predicted octanol–water partition coefficient (Wildman–Crippen LogP) is 3.33. The number of hydrogen-bond donors (Lipinski definition) is 1. The monoisotopic (exact) mass is 367 g/mol. The molecule has 0 aliphatic heterocycles. The first-order valence-corrected chi connectivity index (χ1v) is 8.71. The minimum Gasteiger partial charge on any atom is -0.497 e. The number of hydrogen-bond acceptors (Lipinski definition) is 5. The van der Waals surface area contributed by atoms with Gasteiger partial charge in [-0.3, -0.25) is 5.32 Å². The highest BCUT2D eigenvalue weighted by atomic mass is 16.5. The van der Waals surface area contributed by atoms with Gasteiger partial charge in [0, 0.05) is 32.1 Å². The molecule has 1 heterocycles. The SMILES string of the molecule is COc1ccc(CNC(c2cc(OC)cc(OC)c2)c2nccn2C)cc1. The second-order valence-electron chi connectivity index (χ2n) is 6.20. The molecule has 0 radical (unpaired) electrons. The van der Waals surface area contributed by atoms with Gasteiger partial charge in [-0.25, -0.2) is 4.98 Å². The molecule has 0 fully saturated rings. The third-order valence-electron chi connectivity index (χ3n) is 4.49. The number of imidazole rings is 1. The first-order chi connectivity index (χ1) is 13.1. The molecule has 1 N–H and O–H groups in total. The largest absolute Gasteiger partial charge is 0.497 e. The molecule has 0 spiro atoms. The van der Waals surface area contributed by atoms with Gasteiger partial charge in [0.05, 0.1) is 27.4 Å². The van der Waals surface area contributed by atoms with Crippen molar-refractivity contribution in [2.24, 2.45) is 7.05 Å². The first-order valence-electron chi connectivity index (χ1n) is 8.71. The molecule has 0 aliphatic carbocycles. The molecule has 3 aromatic rings. The Bertz CT molecular complexity index is 852. The van der Waals surface area contributed by atoms with Gasteiger partial charge in [-0.2, -0.15) is 0 Å². The molecule has 0 bridgehead atoms. The minimum atomic E-state index is -0.115. The number of ether oxygens (including phenoxy) is 3. The van der Waals surface area contributed by atoms with Crippen LogP contribution in [0.25, 0.3) is 0 Å². The maximum atomic E-state index is 5.43. The molecule has 2 aromatic carbocycles. The lowest BCUT2D eigenvalue weighted by Crippen LogP contribution is -2.25. The fourth-order valence-electron chi connectivity index (χ4n) is 2.97. The van der Waals surface area contributed by atoms with E-state index in [-0.39, 0.29) is 6.04 Å². The van der Waals surface area contributed by atoms with Crippen LogP contribution in [0.2, 0.25) is 0 Å². The van der Waals surface area contributed by atoms with E-state index in [0.717, 1.165) is 34.2 Å². The molecule has 0 saturated heterocycles. The molecule has 0 aliphatic rings. The fourth-order valence-corrected chi connectivity index (χ4v) is 2.97. The Morgan fingerprint density at radius 1 is 0.926 bits per heavy atom. The third kappa shape index (κ3) is 4.41. The summed E-state index contributed by atoms with van der Waals surface area (Å²) >= 11 is 0. The highest BCUT2D eigenvalue weighted by Gasteiger charge is 2.20. The average molecular weight is 367 g/mol. The Balaban J connectivity index is 1.91. The van der Waals surface area contributed by atoms with Gasteiger partial charge in [-0.15, -0.1) is 0 Å². The van der Waals surface area contributed by atoms with Gasteiger partial charge < -0.3 is 18.8 Å². The summed E-state index contributed by atoms with van der Waals surface area (Å²) in [5, 5.41) is 3.60. The van der Waals surface area contributed by atoms with E-state index in [0.29, 0.717) is 6.54 Å². The predicted molar refractivity (Wildman–Crippen MR) is 104 cm³/mol. The van der Waals surface area contributed by atoms with Crippen LogP contribution in [-0.4, -0.2) is 30.9 Å². The molecule has 3 rings (SSSR count). The van der Waals surface area contributed by atoms with Crippen LogP contribution >= 0.6 is 0 Å². The Kier molecular flexibility index (Phi) is 5.98. The summed E-state index contributed by atoms with van der Waals surface area (Å²) in [4.78, 5) is 4.54. The maximum absolute atomic E-state index is 5.43. The van der Waals surface area contributed by atoms with Gasteiger partial charge >= 0.3 is 0 Å². The second-order valence-corrected chi connectivity index (χ2v) is 6.20. The molecular formula is C21H25N3O3. The van der Waals surface area contributed by atoms with Crippen LogP contribution in [0, 0.1) is 0 Å². The zero-order chi connectivity index (χ0) is 19.2. The fraction of sp³-hybridized carbons (Fsp3) is 0.286. The zero-order valence-electron chi connectivity index (χ0n) is 16.1. The Labute approximate surface area is 159 Å². The lowest BCUT2D eigenvalue weighted by Gasteiger charge is -2.21. The Morgan fingerprint density at radius 2 is 1.56 bits per heavy atom. The van der Waals surface area contributed by atoms with E-state index in [1.165, 1.54) is 0 Å². The molecule has 142 valence electrons. The molecule has 1 atom stereocenters. The molecule has 27 heavy (non-hydrogen) atoms. The zero-order valence-corrected chi connectivity index (χ0v) is 16.1. The topological polar surface area (TPSA) is 57.5 Å². The van der Waals surface area contributed by atoms with Gasteiger partial charge in [0.1, 0.15) is 23.1 Å². The normalized spacial score (nSPS) is 11.9. The standard InChI is InChI=1S/C21H25N3O3/c1-24-10-9-22-21(24)20(16-11-18(26-3)13-19(12-16)27-4)23-14-15-5-7-17(25-2)8-6-15/h5-13,20,23H,14H2,1-4H3. The lowest BCUT2D eigenvalue weighted by molar-refractivity contribution is 0.392. The van der Waals surface area contributed by atoms with Gasteiger partial charge in [-0.05, 0) is 35.4 Å². The van der Waals surface area contributed by atoms with E-state index < -0.39 is 0 Å². The van der Waals surface area contributed by atoms with Gasteiger partial charge in [-0.1, -0.05) is 12.1 Å². The summed E-state index contributed by atoms with van der Waals surface area (Å²) in [5.74, 6) is 3.25. The summed E-state index contributed by atoms with van der Waals surface area (Å²) in [6, 6.07) is 13.8. The van der Waals surface area contributed by atoms with E-state index in [1.807, 2.05) is 60.3 Å². The quantitative estimate of drug-likeness (QED) is 0.662. The van der Waals surface area contributed by atoms with E-state index in [1.54, 1.807) is 27.5 Å². The number of aryl methyl sites for hydroxylation is 1. The molecule has 0 saturated carbocycles. The smallest absolute Gasteiger partial charge is 0.130 e. The van der Waals surface area contributed by atoms with Crippen LogP contribution in [-0.2, 0) is 13.6 Å². The highest BCUT2D eigenvalue weighted by molar-refractivity contribution is 5.41. The second kappa shape index (κ2) is 8.60. The van der Waals surface area contributed by atoms with Crippen LogP contribution in [0.4, 0.5) is 0 Å². The first kappa shape index (κ1) is 18.8. The Morgan fingerprint density at radius 3 is 2.07 bits per heavy atom. The summed E-state index contributed by atoms with van der Waals surface area (Å²) in [5.41, 5.74) is 2.18. The summed E-state index contributed by atoms with van der Waals surface area (Å²) in [7, 11) is 6.96. The van der Waals surface area contributed by atoms with E-state index in [4.69, 9.17) is 14.2 Å². The van der Waals surface area contributed by atoms with Crippen LogP contribution in [0.5, 0.6) is 17.2 Å². The number of nitrogens with zero attached hydrogens (tertiary/aromatic N) is 2. The molecule has 0 amide bonds.